The summed E-state index contributed by atoms with van der Waals surface area (Å²) in [5, 5.41) is 11.1. The molecule has 162 valence electrons. The number of aromatic hydroxyl groups is 1. The number of aryl methyl sites for hydroxylation is 1. The predicted octanol–water partition coefficient (Wildman–Crippen LogP) is 2.24. The van der Waals surface area contributed by atoms with Crippen LogP contribution in [0.4, 0.5) is 0 Å². The zero-order chi connectivity index (χ0) is 21.0. The predicted molar refractivity (Wildman–Crippen MR) is 117 cm³/mol. The van der Waals surface area contributed by atoms with E-state index in [9.17, 15) is 9.90 Å². The Morgan fingerprint density at radius 1 is 1.13 bits per heavy atom. The van der Waals surface area contributed by atoms with Crippen LogP contribution in [0.5, 0.6) is 5.75 Å². The molecular weight excluding hydrogens is 422 g/mol. The van der Waals surface area contributed by atoms with Gasteiger partial charge in [-0.25, -0.2) is 4.79 Å². The number of carbonyl (C=O) groups excluding carboxylic acids is 1. The van der Waals surface area contributed by atoms with Crippen LogP contribution in [0.3, 0.4) is 0 Å². The number of nitrogens with zero attached hydrogens (tertiary/aromatic N) is 1. The Morgan fingerprint density at radius 2 is 1.83 bits per heavy atom. The summed E-state index contributed by atoms with van der Waals surface area (Å²) in [7, 11) is 3.83. The molecule has 0 saturated carbocycles. The number of thioether (sulfide) groups is 1. The van der Waals surface area contributed by atoms with Crippen molar-refractivity contribution < 1.29 is 31.5 Å². The molecule has 0 fully saturated rings. The van der Waals surface area contributed by atoms with E-state index in [2.05, 4.69) is 31.2 Å². The lowest BCUT2D eigenvalue weighted by atomic mass is 10.0. The van der Waals surface area contributed by atoms with E-state index < -0.39 is 5.97 Å². The van der Waals surface area contributed by atoms with Gasteiger partial charge in [-0.05, 0) is 57.3 Å². The van der Waals surface area contributed by atoms with Crippen LogP contribution >= 0.6 is 11.8 Å². The Hall–Kier alpha value is -2.15. The zero-order valence-electron chi connectivity index (χ0n) is 17.7. The standard InChI is InChI=1S/C23H27NO4S.ClH/c1-5-15-7-9-16(10-8-15)29-14-20-22(23(26)27-6-2)21-17(13-24(3)4)18(25)11-12-19(21)28-20;/h7-12,25H,5-6,13-14H2,1-4H3;1H/p-1. The zero-order valence-corrected chi connectivity index (χ0v) is 19.3. The molecule has 3 aromatic rings. The van der Waals surface area contributed by atoms with Gasteiger partial charge in [-0.2, -0.15) is 0 Å². The van der Waals surface area contributed by atoms with Gasteiger partial charge in [0.15, 0.2) is 0 Å². The molecule has 0 atom stereocenters. The second kappa shape index (κ2) is 10.8. The molecule has 0 aliphatic carbocycles. The maximum Gasteiger partial charge on any atom is 0.342 e. The van der Waals surface area contributed by atoms with Crippen LogP contribution in [0.25, 0.3) is 11.0 Å². The second-order valence-electron chi connectivity index (χ2n) is 7.08. The van der Waals surface area contributed by atoms with Gasteiger partial charge in [0.1, 0.15) is 22.7 Å². The number of benzene rings is 2. The van der Waals surface area contributed by atoms with Gasteiger partial charge >= 0.3 is 5.97 Å². The van der Waals surface area contributed by atoms with Crippen molar-refractivity contribution in [3.8, 4) is 5.75 Å². The molecule has 0 radical (unpaired) electrons. The lowest BCUT2D eigenvalue weighted by molar-refractivity contribution is -0.0000262. The summed E-state index contributed by atoms with van der Waals surface area (Å²) < 4.78 is 11.4. The molecule has 5 nitrogen and oxygen atoms in total. The Morgan fingerprint density at radius 3 is 2.43 bits per heavy atom. The summed E-state index contributed by atoms with van der Waals surface area (Å²) in [6, 6.07) is 11.7. The Bertz CT molecular complexity index is 999. The van der Waals surface area contributed by atoms with E-state index in [1.165, 1.54) is 5.56 Å². The lowest BCUT2D eigenvalue weighted by Gasteiger charge is -2.13. The van der Waals surface area contributed by atoms with Crippen molar-refractivity contribution in [2.45, 2.75) is 37.5 Å². The fourth-order valence-corrected chi connectivity index (χ4v) is 4.09. The maximum atomic E-state index is 12.8. The van der Waals surface area contributed by atoms with E-state index in [1.54, 1.807) is 30.8 Å². The van der Waals surface area contributed by atoms with Gasteiger partial charge < -0.3 is 31.6 Å². The van der Waals surface area contributed by atoms with Crippen LogP contribution < -0.4 is 12.4 Å². The summed E-state index contributed by atoms with van der Waals surface area (Å²) in [6.45, 7) is 4.67. The largest absolute Gasteiger partial charge is 1.00 e. The number of carbonyl (C=O) groups is 1. The normalized spacial score (nSPS) is 11.0. The number of hydrogen-bond donors (Lipinski definition) is 1. The number of rotatable bonds is 8. The van der Waals surface area contributed by atoms with Crippen molar-refractivity contribution >= 4 is 28.7 Å². The first kappa shape index (κ1) is 24.1. The van der Waals surface area contributed by atoms with Crippen molar-refractivity contribution in [3.05, 3.63) is 58.8 Å². The summed E-state index contributed by atoms with van der Waals surface area (Å²) in [6.07, 6.45) is 1.000. The quantitative estimate of drug-likeness (QED) is 0.421. The third-order valence-corrected chi connectivity index (χ3v) is 5.68. The summed E-state index contributed by atoms with van der Waals surface area (Å²) >= 11 is 1.61. The second-order valence-corrected chi connectivity index (χ2v) is 8.13. The number of halogens is 1. The highest BCUT2D eigenvalue weighted by Gasteiger charge is 2.26. The third-order valence-electron chi connectivity index (χ3n) is 4.67. The number of fused-ring (bicyclic) bond motifs is 1. The van der Waals surface area contributed by atoms with Crippen molar-refractivity contribution in [3.63, 3.8) is 0 Å². The van der Waals surface area contributed by atoms with E-state index in [0.717, 1.165) is 11.3 Å². The first-order chi connectivity index (χ1) is 13.9. The molecule has 0 saturated heterocycles. The SMILES string of the molecule is CCOC(=O)c1c(CSc2ccc(CC)cc2)oc2ccc(O)c(CN(C)C)c12.[Cl-]. The minimum absolute atomic E-state index is 0. The molecule has 0 amide bonds. The highest BCUT2D eigenvalue weighted by molar-refractivity contribution is 7.98. The summed E-state index contributed by atoms with van der Waals surface area (Å²) in [4.78, 5) is 15.8. The molecule has 2 aromatic carbocycles. The minimum Gasteiger partial charge on any atom is -1.00 e. The number of hydrogen-bond acceptors (Lipinski definition) is 6. The number of furan rings is 1. The lowest BCUT2D eigenvalue weighted by Crippen LogP contribution is -3.00. The van der Waals surface area contributed by atoms with Crippen LogP contribution in [-0.2, 0) is 23.5 Å². The van der Waals surface area contributed by atoms with E-state index in [1.807, 2.05) is 19.0 Å². The number of phenolic OH excluding ortho intramolecular Hbond substituents is 1. The van der Waals surface area contributed by atoms with Crippen LogP contribution in [0.1, 0.15) is 41.1 Å². The van der Waals surface area contributed by atoms with Gasteiger partial charge in [0.05, 0.1) is 12.4 Å². The van der Waals surface area contributed by atoms with Gasteiger partial charge in [0.25, 0.3) is 0 Å². The van der Waals surface area contributed by atoms with Crippen molar-refractivity contribution in [1.29, 1.82) is 0 Å². The molecule has 3 rings (SSSR count). The Balaban J connectivity index is 0.00000320. The summed E-state index contributed by atoms with van der Waals surface area (Å²) in [5.41, 5.74) is 2.95. The number of phenols is 1. The Kier molecular flexibility index (Phi) is 8.65. The van der Waals surface area contributed by atoms with E-state index in [0.29, 0.717) is 40.2 Å². The molecule has 30 heavy (non-hydrogen) atoms. The molecule has 0 aliphatic heterocycles. The minimum atomic E-state index is -0.422. The van der Waals surface area contributed by atoms with E-state index >= 15 is 0 Å². The highest BCUT2D eigenvalue weighted by Crippen LogP contribution is 2.37. The van der Waals surface area contributed by atoms with Gasteiger partial charge in [0.2, 0.25) is 0 Å². The first-order valence-corrected chi connectivity index (χ1v) is 10.7. The Labute approximate surface area is 187 Å². The first-order valence-electron chi connectivity index (χ1n) is 9.74. The smallest absolute Gasteiger partial charge is 0.342 e. The van der Waals surface area contributed by atoms with E-state index in [-0.39, 0.29) is 24.8 Å². The van der Waals surface area contributed by atoms with Crippen molar-refractivity contribution in [2.75, 3.05) is 20.7 Å². The van der Waals surface area contributed by atoms with Crippen LogP contribution in [0.15, 0.2) is 45.7 Å². The number of ether oxygens (including phenoxy) is 1. The topological polar surface area (TPSA) is 62.9 Å². The number of esters is 1. The van der Waals surface area contributed by atoms with E-state index in [4.69, 9.17) is 9.15 Å². The molecule has 0 spiro atoms. The van der Waals surface area contributed by atoms with Crippen LogP contribution in [0.2, 0.25) is 0 Å². The average Bonchev–Trinajstić information content (AvgIpc) is 3.08. The monoisotopic (exact) mass is 448 g/mol. The molecule has 0 aliphatic rings. The van der Waals surface area contributed by atoms with Gasteiger partial charge in [-0.15, -0.1) is 11.8 Å². The highest BCUT2D eigenvalue weighted by atomic mass is 35.5. The third kappa shape index (κ3) is 5.31. The molecular formula is C23H27ClNO4S-. The molecule has 7 heteroatoms. The fourth-order valence-electron chi connectivity index (χ4n) is 3.26. The summed E-state index contributed by atoms with van der Waals surface area (Å²) in [5.74, 6) is 0.783. The molecule has 1 N–H and O–H groups in total. The van der Waals surface area contributed by atoms with Crippen LogP contribution in [-0.4, -0.2) is 36.7 Å². The van der Waals surface area contributed by atoms with Crippen molar-refractivity contribution in [2.24, 2.45) is 0 Å². The molecule has 1 heterocycles. The maximum absolute atomic E-state index is 12.8. The average molecular weight is 449 g/mol. The van der Waals surface area contributed by atoms with Gasteiger partial charge in [0, 0.05) is 22.4 Å². The van der Waals surface area contributed by atoms with Crippen molar-refractivity contribution in [1.82, 2.24) is 4.90 Å². The van der Waals surface area contributed by atoms with Gasteiger partial charge in [-0.1, -0.05) is 19.1 Å². The molecule has 1 aromatic heterocycles. The fraction of sp³-hybridized carbons (Fsp3) is 0.348. The molecule has 0 bridgehead atoms. The molecule has 0 unspecified atom stereocenters. The van der Waals surface area contributed by atoms with Crippen LogP contribution in [0, 0.1) is 0 Å². The van der Waals surface area contributed by atoms with Gasteiger partial charge in [-0.3, -0.25) is 0 Å².